The van der Waals surface area contributed by atoms with Gasteiger partial charge in [-0.2, -0.15) is 0 Å². The van der Waals surface area contributed by atoms with E-state index in [-0.39, 0.29) is 6.61 Å². The largest absolute Gasteiger partial charge is 0.391 e. The zero-order chi connectivity index (χ0) is 16.6. The third-order valence-electron chi connectivity index (χ3n) is 2.04. The highest BCUT2D eigenvalue weighted by atomic mass is 32.3. The number of hydrogen-bond acceptors (Lipinski definition) is 6. The van der Waals surface area contributed by atoms with Gasteiger partial charge in [-0.1, -0.05) is 0 Å². The maximum absolute atomic E-state index is 11.1. The first-order valence-corrected chi connectivity index (χ1v) is 8.08. The molecule has 0 aromatic heterocycles. The van der Waals surface area contributed by atoms with Crippen LogP contribution in [-0.2, 0) is 20.8 Å². The zero-order valence-corrected chi connectivity index (χ0v) is 13.5. The second-order valence-corrected chi connectivity index (χ2v) is 7.05. The number of quaternary nitrogens is 1. The van der Waals surface area contributed by atoms with Crippen molar-refractivity contribution in [2.45, 2.75) is 0 Å². The van der Waals surface area contributed by atoms with Crippen LogP contribution in [0.4, 0.5) is 7.77 Å². The Balaban J connectivity index is 0. The van der Waals surface area contributed by atoms with Crippen molar-refractivity contribution in [3.63, 3.8) is 0 Å². The first-order chi connectivity index (χ1) is 8.68. The molecule has 0 bridgehead atoms. The molecule has 0 spiro atoms. The van der Waals surface area contributed by atoms with Crippen LogP contribution in [0.25, 0.3) is 4.13 Å². The van der Waals surface area contributed by atoms with Crippen LogP contribution < -0.4 is 0 Å². The Hall–Kier alpha value is -0.400. The van der Waals surface area contributed by atoms with E-state index in [0.717, 1.165) is 28.2 Å². The summed E-state index contributed by atoms with van der Waals surface area (Å²) in [6, 6.07) is 0. The van der Waals surface area contributed by atoms with Gasteiger partial charge in [0.25, 0.3) is 0 Å². The molecule has 124 valence electrons. The minimum atomic E-state index is -5.62. The molecule has 20 heavy (non-hydrogen) atoms. The highest BCUT2D eigenvalue weighted by molar-refractivity contribution is 8.07. The van der Waals surface area contributed by atoms with Crippen LogP contribution >= 0.6 is 0 Å². The van der Waals surface area contributed by atoms with Crippen LogP contribution in [0.5, 0.6) is 0 Å². The van der Waals surface area contributed by atoms with E-state index in [9.17, 15) is 24.6 Å². The second-order valence-electron chi connectivity index (χ2n) is 4.81. The van der Waals surface area contributed by atoms with E-state index >= 15 is 0 Å². The van der Waals surface area contributed by atoms with Gasteiger partial charge in [0.2, 0.25) is 20.8 Å². The van der Waals surface area contributed by atoms with Crippen LogP contribution in [0.3, 0.4) is 0 Å². The molecule has 8 nitrogen and oxygen atoms in total. The van der Waals surface area contributed by atoms with Crippen LogP contribution in [-0.4, -0.2) is 85.8 Å². The standard InChI is InChI=1S/C8H21N2O.F2NO4S2/c1-9(2)5-6-10(3,4)7-8-11;1-8(4,5)3-9(2,6)7/h11H,5-8H2,1-4H3;/q+1;-1. The molecular formula is C8H21F2N3O5S2. The summed E-state index contributed by atoms with van der Waals surface area (Å²) in [4.78, 5) is 2.16. The van der Waals surface area contributed by atoms with E-state index in [0.29, 0.717) is 0 Å². The third kappa shape index (κ3) is 19.9. The second kappa shape index (κ2) is 8.79. The summed E-state index contributed by atoms with van der Waals surface area (Å²) in [5.41, 5.74) is 0. The Labute approximate surface area is 119 Å². The van der Waals surface area contributed by atoms with E-state index in [1.807, 2.05) is 0 Å². The molecule has 0 rings (SSSR count). The lowest BCUT2D eigenvalue weighted by Crippen LogP contribution is -2.46. The quantitative estimate of drug-likeness (QED) is 0.490. The fourth-order valence-electron chi connectivity index (χ4n) is 0.960. The maximum atomic E-state index is 11.1. The lowest BCUT2D eigenvalue weighted by Gasteiger charge is -2.30. The van der Waals surface area contributed by atoms with Crippen LogP contribution in [0.2, 0.25) is 0 Å². The molecule has 12 heteroatoms. The third-order valence-corrected chi connectivity index (χ3v) is 3.46. The predicted octanol–water partition coefficient (Wildman–Crippen LogP) is -0.595. The summed E-state index contributed by atoms with van der Waals surface area (Å²) in [6.45, 7) is 3.29. The van der Waals surface area contributed by atoms with Crippen molar-refractivity contribution >= 4 is 20.8 Å². The van der Waals surface area contributed by atoms with Crippen LogP contribution in [0.15, 0.2) is 0 Å². The van der Waals surface area contributed by atoms with E-state index in [2.05, 4.69) is 33.1 Å². The van der Waals surface area contributed by atoms with Crippen molar-refractivity contribution in [2.24, 2.45) is 0 Å². The molecule has 0 aliphatic heterocycles. The molecule has 0 aliphatic carbocycles. The normalized spacial score (nSPS) is 13.0. The summed E-state index contributed by atoms with van der Waals surface area (Å²) in [5, 5.41) is 8.74. The van der Waals surface area contributed by atoms with Gasteiger partial charge in [-0.25, -0.2) is 16.8 Å². The molecule has 0 aromatic rings. The summed E-state index contributed by atoms with van der Waals surface area (Å²) < 4.78 is 61.0. The Morgan fingerprint density at radius 3 is 1.65 bits per heavy atom. The number of aliphatic hydroxyl groups excluding tert-OH is 1. The SMILES string of the molecule is CN(C)CC[N+](C)(C)CCO.O=S(=O)(F)[N-]S(=O)(=O)F. The van der Waals surface area contributed by atoms with E-state index < -0.39 is 20.8 Å². The fourth-order valence-corrected chi connectivity index (χ4v) is 1.81. The van der Waals surface area contributed by atoms with Crippen molar-refractivity contribution < 1.29 is 34.2 Å². The topological polar surface area (TPSA) is 106 Å². The van der Waals surface area contributed by atoms with Gasteiger partial charge in [0.15, 0.2) is 0 Å². The molecule has 0 aliphatic rings. The summed E-state index contributed by atoms with van der Waals surface area (Å²) in [5.74, 6) is 0. The van der Waals surface area contributed by atoms with Gasteiger partial charge in [0.1, 0.15) is 6.54 Å². The van der Waals surface area contributed by atoms with Gasteiger partial charge in [0, 0.05) is 6.54 Å². The van der Waals surface area contributed by atoms with E-state index in [1.165, 1.54) is 0 Å². The van der Waals surface area contributed by atoms with Crippen LogP contribution in [0, 0.1) is 0 Å². The molecule has 0 fully saturated rings. The highest BCUT2D eigenvalue weighted by Gasteiger charge is 2.13. The number of aliphatic hydroxyl groups is 1. The van der Waals surface area contributed by atoms with E-state index in [1.54, 1.807) is 0 Å². The summed E-state index contributed by atoms with van der Waals surface area (Å²) in [7, 11) is -2.83. The number of halogens is 2. The van der Waals surface area contributed by atoms with Gasteiger partial charge >= 0.3 is 0 Å². The van der Waals surface area contributed by atoms with Gasteiger partial charge in [-0.05, 0) is 14.1 Å². The monoisotopic (exact) mass is 341 g/mol. The average molecular weight is 341 g/mol. The van der Waals surface area contributed by atoms with Crippen molar-refractivity contribution in [2.75, 3.05) is 54.4 Å². The van der Waals surface area contributed by atoms with Gasteiger partial charge in [0.05, 0.1) is 27.2 Å². The molecule has 1 N–H and O–H groups in total. The lowest BCUT2D eigenvalue weighted by atomic mass is 10.4. The Morgan fingerprint density at radius 1 is 1.05 bits per heavy atom. The first kappa shape index (κ1) is 21.9. The average Bonchev–Trinajstić information content (AvgIpc) is 2.09. The molecule has 0 atom stereocenters. The minimum Gasteiger partial charge on any atom is -0.391 e. The number of nitrogens with zero attached hydrogens (tertiary/aromatic N) is 3. The highest BCUT2D eigenvalue weighted by Crippen LogP contribution is 2.11. The molecular weight excluding hydrogens is 320 g/mol. The molecule has 0 saturated carbocycles. The first-order valence-electron chi connectivity index (χ1n) is 5.39. The molecule has 0 saturated heterocycles. The van der Waals surface area contributed by atoms with Gasteiger partial charge in [-0.3, -0.25) is 0 Å². The molecule has 0 unspecified atom stereocenters. The Morgan fingerprint density at radius 2 is 1.45 bits per heavy atom. The minimum absolute atomic E-state index is 0.278. The lowest BCUT2D eigenvalue weighted by molar-refractivity contribution is -0.890. The summed E-state index contributed by atoms with van der Waals surface area (Å²) >= 11 is 0. The molecule has 0 heterocycles. The van der Waals surface area contributed by atoms with E-state index in [4.69, 9.17) is 5.11 Å². The predicted molar refractivity (Wildman–Crippen MR) is 70.9 cm³/mol. The molecule has 0 radical (unpaired) electrons. The van der Waals surface area contributed by atoms with Crippen LogP contribution in [0.1, 0.15) is 0 Å². The number of hydrogen-bond donors (Lipinski definition) is 1. The van der Waals surface area contributed by atoms with Gasteiger partial charge < -0.3 is 18.6 Å². The Bertz CT molecular complexity index is 435. The fraction of sp³-hybridized carbons (Fsp3) is 1.00. The van der Waals surface area contributed by atoms with Crippen molar-refractivity contribution in [3.05, 3.63) is 4.13 Å². The maximum Gasteiger partial charge on any atom is 0.241 e. The smallest absolute Gasteiger partial charge is 0.241 e. The Kier molecular flexibility index (Phi) is 9.62. The number of likely N-dealkylation sites (N-methyl/N-ethyl adjacent to an activating group) is 2. The zero-order valence-electron chi connectivity index (χ0n) is 11.8. The van der Waals surface area contributed by atoms with Crippen molar-refractivity contribution in [3.8, 4) is 0 Å². The molecule has 0 amide bonds. The number of rotatable bonds is 7. The van der Waals surface area contributed by atoms with Gasteiger partial charge in [-0.15, -0.1) is 7.77 Å². The summed E-state index contributed by atoms with van der Waals surface area (Å²) in [6.07, 6.45) is 0. The van der Waals surface area contributed by atoms with Crippen molar-refractivity contribution in [1.29, 1.82) is 0 Å². The molecule has 0 aromatic carbocycles. The van der Waals surface area contributed by atoms with Crippen molar-refractivity contribution in [1.82, 2.24) is 4.90 Å².